The summed E-state index contributed by atoms with van der Waals surface area (Å²) in [4.78, 5) is 4.82. The first-order chi connectivity index (χ1) is 8.52. The van der Waals surface area contributed by atoms with Gasteiger partial charge in [-0.3, -0.25) is 4.90 Å². The summed E-state index contributed by atoms with van der Waals surface area (Å²) in [6.07, 6.45) is 0. The Kier molecular flexibility index (Phi) is 3.93. The molecule has 1 aliphatic rings. The van der Waals surface area contributed by atoms with Crippen LogP contribution < -0.4 is 4.74 Å². The van der Waals surface area contributed by atoms with Crippen molar-refractivity contribution in [2.24, 2.45) is 0 Å². The molecule has 1 heterocycles. The molecule has 3 heteroatoms. The molecular formula is C15H24N2O. The molecule has 1 fully saturated rings. The molecule has 0 radical (unpaired) electrons. The van der Waals surface area contributed by atoms with Crippen molar-refractivity contribution in [1.82, 2.24) is 9.80 Å². The summed E-state index contributed by atoms with van der Waals surface area (Å²) in [5.74, 6) is 1.05. The van der Waals surface area contributed by atoms with Crippen LogP contribution >= 0.6 is 0 Å². The van der Waals surface area contributed by atoms with Crippen molar-refractivity contribution < 1.29 is 4.74 Å². The smallest absolute Gasteiger partial charge is 0.126 e. The van der Waals surface area contributed by atoms with Crippen molar-refractivity contribution in [3.8, 4) is 5.75 Å². The fourth-order valence-electron chi connectivity index (χ4n) is 2.86. The first kappa shape index (κ1) is 13.4. The van der Waals surface area contributed by atoms with E-state index < -0.39 is 0 Å². The predicted octanol–water partition coefficient (Wildman–Crippen LogP) is 2.23. The van der Waals surface area contributed by atoms with Crippen molar-refractivity contribution in [1.29, 1.82) is 0 Å². The average Bonchev–Trinajstić information content (AvgIpc) is 2.31. The van der Waals surface area contributed by atoms with Crippen molar-refractivity contribution in [2.75, 3.05) is 40.8 Å². The summed E-state index contributed by atoms with van der Waals surface area (Å²) in [5.41, 5.74) is 3.86. The number of ether oxygens (including phenoxy) is 1. The third-order valence-corrected chi connectivity index (χ3v) is 3.86. The first-order valence-corrected chi connectivity index (χ1v) is 6.57. The number of hydrogen-bond acceptors (Lipinski definition) is 3. The summed E-state index contributed by atoms with van der Waals surface area (Å²) in [5, 5.41) is 0. The highest BCUT2D eigenvalue weighted by Gasteiger charge is 2.26. The highest BCUT2D eigenvalue weighted by atomic mass is 16.5. The van der Waals surface area contributed by atoms with E-state index >= 15 is 0 Å². The molecule has 3 nitrogen and oxygen atoms in total. The largest absolute Gasteiger partial charge is 0.496 e. The lowest BCUT2D eigenvalue weighted by Crippen LogP contribution is -2.44. The normalized spacial score (nSPS) is 22.2. The second-order valence-corrected chi connectivity index (χ2v) is 5.46. The Morgan fingerprint density at radius 3 is 2.56 bits per heavy atom. The van der Waals surface area contributed by atoms with Gasteiger partial charge in [0.25, 0.3) is 0 Å². The Labute approximate surface area is 110 Å². The van der Waals surface area contributed by atoms with E-state index in [-0.39, 0.29) is 0 Å². The SMILES string of the molecule is COc1c(C)cc(C)cc1C1CN(C)CCN1C. The van der Waals surface area contributed by atoms with Crippen LogP contribution in [0.3, 0.4) is 0 Å². The molecule has 1 aromatic carbocycles. The van der Waals surface area contributed by atoms with Crippen LogP contribution in [0.5, 0.6) is 5.75 Å². The molecule has 1 unspecified atom stereocenters. The maximum atomic E-state index is 5.62. The van der Waals surface area contributed by atoms with Gasteiger partial charge < -0.3 is 9.64 Å². The fourth-order valence-corrected chi connectivity index (χ4v) is 2.86. The van der Waals surface area contributed by atoms with E-state index in [2.05, 4.69) is 49.9 Å². The Morgan fingerprint density at radius 1 is 1.17 bits per heavy atom. The van der Waals surface area contributed by atoms with E-state index in [1.165, 1.54) is 16.7 Å². The lowest BCUT2D eigenvalue weighted by molar-refractivity contribution is 0.113. The molecular weight excluding hydrogens is 224 g/mol. The van der Waals surface area contributed by atoms with Gasteiger partial charge in [-0.25, -0.2) is 0 Å². The minimum Gasteiger partial charge on any atom is -0.496 e. The predicted molar refractivity (Wildman–Crippen MR) is 75.3 cm³/mol. The molecule has 2 rings (SSSR count). The van der Waals surface area contributed by atoms with Crippen molar-refractivity contribution >= 4 is 0 Å². The molecule has 0 aliphatic carbocycles. The van der Waals surface area contributed by atoms with Crippen molar-refractivity contribution in [3.05, 3.63) is 28.8 Å². The molecule has 0 aromatic heterocycles. The van der Waals surface area contributed by atoms with Gasteiger partial charge >= 0.3 is 0 Å². The molecule has 0 N–H and O–H groups in total. The third-order valence-electron chi connectivity index (χ3n) is 3.86. The monoisotopic (exact) mass is 248 g/mol. The molecule has 100 valence electrons. The van der Waals surface area contributed by atoms with Crippen LogP contribution in [0.1, 0.15) is 22.7 Å². The lowest BCUT2D eigenvalue weighted by atomic mass is 9.97. The van der Waals surface area contributed by atoms with Gasteiger partial charge in [-0.1, -0.05) is 17.7 Å². The van der Waals surface area contributed by atoms with Gasteiger partial charge in [0.15, 0.2) is 0 Å². The van der Waals surface area contributed by atoms with E-state index in [1.54, 1.807) is 7.11 Å². The van der Waals surface area contributed by atoms with E-state index in [0.29, 0.717) is 6.04 Å². The Balaban J connectivity index is 2.42. The maximum absolute atomic E-state index is 5.62. The van der Waals surface area contributed by atoms with E-state index in [9.17, 15) is 0 Å². The molecule has 0 bridgehead atoms. The van der Waals surface area contributed by atoms with E-state index in [1.807, 2.05) is 0 Å². The topological polar surface area (TPSA) is 15.7 Å². The van der Waals surface area contributed by atoms with E-state index in [4.69, 9.17) is 4.74 Å². The van der Waals surface area contributed by atoms with E-state index in [0.717, 1.165) is 25.4 Å². The molecule has 0 amide bonds. The highest BCUT2D eigenvalue weighted by Crippen LogP contribution is 2.34. The molecule has 0 spiro atoms. The molecule has 1 aliphatic heterocycles. The van der Waals surface area contributed by atoms with Crippen LogP contribution in [0.4, 0.5) is 0 Å². The first-order valence-electron chi connectivity index (χ1n) is 6.57. The number of benzene rings is 1. The minimum absolute atomic E-state index is 0.428. The van der Waals surface area contributed by atoms with Crippen LogP contribution in [-0.2, 0) is 0 Å². The number of aryl methyl sites for hydroxylation is 2. The molecule has 1 atom stereocenters. The fraction of sp³-hybridized carbons (Fsp3) is 0.600. The van der Waals surface area contributed by atoms with Crippen LogP contribution in [0.25, 0.3) is 0 Å². The third kappa shape index (κ3) is 2.52. The van der Waals surface area contributed by atoms with Crippen molar-refractivity contribution in [2.45, 2.75) is 19.9 Å². The van der Waals surface area contributed by atoms with Gasteiger partial charge in [-0.15, -0.1) is 0 Å². The van der Waals surface area contributed by atoms with Crippen molar-refractivity contribution in [3.63, 3.8) is 0 Å². The van der Waals surface area contributed by atoms with Gasteiger partial charge in [0.05, 0.1) is 13.2 Å². The summed E-state index contributed by atoms with van der Waals surface area (Å²) in [6.45, 7) is 7.59. The highest BCUT2D eigenvalue weighted by molar-refractivity contribution is 5.45. The zero-order valence-electron chi connectivity index (χ0n) is 12.2. The second kappa shape index (κ2) is 5.29. The van der Waals surface area contributed by atoms with Gasteiger partial charge in [0, 0.05) is 25.2 Å². The van der Waals surface area contributed by atoms with Gasteiger partial charge in [0.2, 0.25) is 0 Å². The van der Waals surface area contributed by atoms with Crippen LogP contribution in [-0.4, -0.2) is 50.6 Å². The van der Waals surface area contributed by atoms with Gasteiger partial charge in [-0.2, -0.15) is 0 Å². The molecule has 1 saturated heterocycles. The summed E-state index contributed by atoms with van der Waals surface area (Å²) < 4.78 is 5.62. The number of piperazine rings is 1. The summed E-state index contributed by atoms with van der Waals surface area (Å²) >= 11 is 0. The molecule has 18 heavy (non-hydrogen) atoms. The zero-order valence-corrected chi connectivity index (χ0v) is 12.2. The second-order valence-electron chi connectivity index (χ2n) is 5.46. The summed E-state index contributed by atoms with van der Waals surface area (Å²) in [6, 6.07) is 4.89. The van der Waals surface area contributed by atoms with Crippen LogP contribution in [0.2, 0.25) is 0 Å². The number of hydrogen-bond donors (Lipinski definition) is 0. The Bertz CT molecular complexity index is 431. The maximum Gasteiger partial charge on any atom is 0.126 e. The Morgan fingerprint density at radius 2 is 1.89 bits per heavy atom. The van der Waals surface area contributed by atoms with Gasteiger partial charge in [0.1, 0.15) is 5.75 Å². The summed E-state index contributed by atoms with van der Waals surface area (Å²) in [7, 11) is 6.16. The molecule has 1 aromatic rings. The molecule has 0 saturated carbocycles. The van der Waals surface area contributed by atoms with Gasteiger partial charge in [-0.05, 0) is 33.5 Å². The average molecular weight is 248 g/mol. The number of nitrogens with zero attached hydrogens (tertiary/aromatic N) is 2. The zero-order chi connectivity index (χ0) is 13.3. The number of methoxy groups -OCH3 is 1. The lowest BCUT2D eigenvalue weighted by Gasteiger charge is -2.38. The standard InChI is InChI=1S/C15H24N2O/c1-11-8-12(2)15(18-5)13(9-11)14-10-16(3)6-7-17(14)4/h8-9,14H,6-7,10H2,1-5H3. The van der Waals surface area contributed by atoms with Crippen LogP contribution in [0, 0.1) is 13.8 Å². The quantitative estimate of drug-likeness (QED) is 0.798. The number of likely N-dealkylation sites (N-methyl/N-ethyl adjacent to an activating group) is 2. The number of rotatable bonds is 2. The minimum atomic E-state index is 0.428. The Hall–Kier alpha value is -1.06. The van der Waals surface area contributed by atoms with Crippen LogP contribution in [0.15, 0.2) is 12.1 Å².